The summed E-state index contributed by atoms with van der Waals surface area (Å²) in [5.74, 6) is -0.833. The molecule has 4 nitrogen and oxygen atoms in total. The van der Waals surface area contributed by atoms with E-state index >= 15 is 0 Å². The number of halogens is 1. The van der Waals surface area contributed by atoms with E-state index in [1.54, 1.807) is 0 Å². The second kappa shape index (κ2) is 8.51. The standard InChI is InChI=1S/C15H21NO.C2H4O2.ClH/c17-15(13-6-2-1-3-7-13)9-11-16-10-5-4-8-14(16)12-15;1-2(3)4;/h1-3,6-7,14,17H,4-5,8-12H2;1H3,(H,3,4);1H/t14-,15-;;/m1../s1. The predicted molar refractivity (Wildman–Crippen MR) is 89.3 cm³/mol. The van der Waals surface area contributed by atoms with Crippen molar-refractivity contribution in [3.63, 3.8) is 0 Å². The first-order valence-electron chi connectivity index (χ1n) is 7.73. The number of piperidine rings is 2. The van der Waals surface area contributed by atoms with Crippen LogP contribution in [0.5, 0.6) is 0 Å². The molecule has 0 spiro atoms. The van der Waals surface area contributed by atoms with Crippen LogP contribution in [0.15, 0.2) is 30.3 Å². The summed E-state index contributed by atoms with van der Waals surface area (Å²) in [7, 11) is 0. The Balaban J connectivity index is 0.000000436. The third-order valence-corrected chi connectivity index (χ3v) is 4.45. The highest BCUT2D eigenvalue weighted by Crippen LogP contribution is 2.38. The van der Waals surface area contributed by atoms with Crippen molar-refractivity contribution in [2.75, 3.05) is 13.1 Å². The number of fused-ring (bicyclic) bond motifs is 1. The zero-order chi connectivity index (χ0) is 15.3. The highest BCUT2D eigenvalue weighted by molar-refractivity contribution is 5.85. The summed E-state index contributed by atoms with van der Waals surface area (Å²) in [6.07, 6.45) is 5.71. The molecule has 2 aliphatic heterocycles. The van der Waals surface area contributed by atoms with Crippen LogP contribution in [0.4, 0.5) is 0 Å². The van der Waals surface area contributed by atoms with Gasteiger partial charge in [-0.1, -0.05) is 36.8 Å². The van der Waals surface area contributed by atoms with Gasteiger partial charge in [0.25, 0.3) is 5.97 Å². The van der Waals surface area contributed by atoms with Crippen LogP contribution in [0.2, 0.25) is 0 Å². The second-order valence-corrected chi connectivity index (χ2v) is 6.06. The lowest BCUT2D eigenvalue weighted by atomic mass is 9.78. The summed E-state index contributed by atoms with van der Waals surface area (Å²) < 4.78 is 0. The Kier molecular flexibility index (Phi) is 7.33. The van der Waals surface area contributed by atoms with Crippen LogP contribution in [-0.4, -0.2) is 40.2 Å². The number of carboxylic acid groups (broad SMARTS) is 1. The molecule has 0 aromatic heterocycles. The topological polar surface area (TPSA) is 60.8 Å². The maximum absolute atomic E-state index is 10.9. The van der Waals surface area contributed by atoms with Gasteiger partial charge in [0.1, 0.15) is 0 Å². The van der Waals surface area contributed by atoms with Crippen molar-refractivity contribution in [1.29, 1.82) is 0 Å². The van der Waals surface area contributed by atoms with Crippen LogP contribution >= 0.6 is 12.4 Å². The van der Waals surface area contributed by atoms with E-state index in [-0.39, 0.29) is 12.4 Å². The Bertz CT molecular complexity index is 464. The number of aliphatic hydroxyl groups is 1. The average Bonchev–Trinajstić information content (AvgIpc) is 2.47. The van der Waals surface area contributed by atoms with Gasteiger partial charge in [-0.15, -0.1) is 12.4 Å². The highest BCUT2D eigenvalue weighted by atomic mass is 35.5. The zero-order valence-electron chi connectivity index (χ0n) is 13.1. The molecule has 2 aliphatic rings. The summed E-state index contributed by atoms with van der Waals surface area (Å²) in [4.78, 5) is 11.6. The largest absolute Gasteiger partial charge is 0.481 e. The van der Waals surface area contributed by atoms with Gasteiger partial charge in [-0.3, -0.25) is 4.79 Å². The molecule has 3 rings (SSSR count). The van der Waals surface area contributed by atoms with Gasteiger partial charge in [-0.2, -0.15) is 0 Å². The number of hydrogen-bond donors (Lipinski definition) is 2. The van der Waals surface area contributed by atoms with E-state index in [4.69, 9.17) is 9.90 Å². The molecule has 0 saturated carbocycles. The molecule has 0 aliphatic carbocycles. The molecule has 22 heavy (non-hydrogen) atoms. The van der Waals surface area contributed by atoms with Gasteiger partial charge in [0.05, 0.1) is 5.60 Å². The maximum Gasteiger partial charge on any atom is 0.300 e. The number of carboxylic acids is 1. The molecule has 124 valence electrons. The van der Waals surface area contributed by atoms with Crippen LogP contribution in [0.1, 0.15) is 44.6 Å². The minimum atomic E-state index is -0.833. The van der Waals surface area contributed by atoms with Gasteiger partial charge in [-0.05, 0) is 37.8 Å². The average molecular weight is 328 g/mol. The number of aliphatic carboxylic acids is 1. The Morgan fingerprint density at radius 1 is 1.23 bits per heavy atom. The summed E-state index contributed by atoms with van der Waals surface area (Å²) in [5, 5.41) is 18.3. The van der Waals surface area contributed by atoms with Crippen molar-refractivity contribution in [3.05, 3.63) is 35.9 Å². The van der Waals surface area contributed by atoms with E-state index in [0.717, 1.165) is 31.9 Å². The number of benzene rings is 1. The van der Waals surface area contributed by atoms with Crippen LogP contribution in [0.3, 0.4) is 0 Å². The summed E-state index contributed by atoms with van der Waals surface area (Å²) >= 11 is 0. The summed E-state index contributed by atoms with van der Waals surface area (Å²) in [6, 6.07) is 10.8. The van der Waals surface area contributed by atoms with Gasteiger partial charge >= 0.3 is 0 Å². The minimum absolute atomic E-state index is 0. The molecule has 2 heterocycles. The molecule has 2 saturated heterocycles. The van der Waals surface area contributed by atoms with Crippen molar-refractivity contribution in [2.45, 2.75) is 50.7 Å². The number of rotatable bonds is 1. The third kappa shape index (κ3) is 4.97. The van der Waals surface area contributed by atoms with E-state index in [1.807, 2.05) is 18.2 Å². The number of hydrogen-bond acceptors (Lipinski definition) is 3. The first-order chi connectivity index (χ1) is 10.0. The SMILES string of the molecule is CC(=O)O.Cl.O[C@]1(c2ccccc2)CCN2CCCC[C@@H]2C1. The summed E-state index contributed by atoms with van der Waals surface area (Å²) in [5.41, 5.74) is 0.518. The first kappa shape index (κ1) is 18.9. The molecular formula is C17H26ClNO3. The minimum Gasteiger partial charge on any atom is -0.481 e. The van der Waals surface area contributed by atoms with Crippen molar-refractivity contribution in [1.82, 2.24) is 4.90 Å². The highest BCUT2D eigenvalue weighted by Gasteiger charge is 2.39. The first-order valence-corrected chi connectivity index (χ1v) is 7.73. The van der Waals surface area contributed by atoms with E-state index in [0.29, 0.717) is 6.04 Å². The Morgan fingerprint density at radius 2 is 1.86 bits per heavy atom. The number of carbonyl (C=O) groups is 1. The van der Waals surface area contributed by atoms with Crippen molar-refractivity contribution >= 4 is 18.4 Å². The molecule has 2 N–H and O–H groups in total. The third-order valence-electron chi connectivity index (χ3n) is 4.45. The van der Waals surface area contributed by atoms with E-state index in [9.17, 15) is 5.11 Å². The predicted octanol–water partition coefficient (Wildman–Crippen LogP) is 3.04. The van der Waals surface area contributed by atoms with Gasteiger partial charge < -0.3 is 15.1 Å². The van der Waals surface area contributed by atoms with Gasteiger partial charge in [0.15, 0.2) is 0 Å². The Hall–Kier alpha value is -1.10. The van der Waals surface area contributed by atoms with Crippen LogP contribution < -0.4 is 0 Å². The van der Waals surface area contributed by atoms with Gasteiger partial charge in [0, 0.05) is 19.5 Å². The molecule has 0 radical (unpaired) electrons. The Morgan fingerprint density at radius 3 is 2.50 bits per heavy atom. The normalized spacial score (nSPS) is 27.6. The molecule has 5 heteroatoms. The fourth-order valence-corrected chi connectivity index (χ4v) is 3.42. The van der Waals surface area contributed by atoms with Crippen LogP contribution in [-0.2, 0) is 10.4 Å². The smallest absolute Gasteiger partial charge is 0.300 e. The fraction of sp³-hybridized carbons (Fsp3) is 0.588. The van der Waals surface area contributed by atoms with Crippen LogP contribution in [0, 0.1) is 0 Å². The van der Waals surface area contributed by atoms with Crippen LogP contribution in [0.25, 0.3) is 0 Å². The van der Waals surface area contributed by atoms with Gasteiger partial charge in [-0.25, -0.2) is 0 Å². The second-order valence-electron chi connectivity index (χ2n) is 6.06. The molecule has 2 fully saturated rings. The van der Waals surface area contributed by atoms with E-state index in [2.05, 4.69) is 17.0 Å². The van der Waals surface area contributed by atoms with Crippen molar-refractivity contribution < 1.29 is 15.0 Å². The molecule has 2 atom stereocenters. The van der Waals surface area contributed by atoms with E-state index < -0.39 is 11.6 Å². The number of nitrogens with zero attached hydrogens (tertiary/aromatic N) is 1. The fourth-order valence-electron chi connectivity index (χ4n) is 3.42. The molecule has 0 amide bonds. The monoisotopic (exact) mass is 327 g/mol. The lowest BCUT2D eigenvalue weighted by molar-refractivity contribution is -0.134. The van der Waals surface area contributed by atoms with Gasteiger partial charge in [0.2, 0.25) is 0 Å². The molecule has 1 aromatic rings. The Labute approximate surface area is 138 Å². The van der Waals surface area contributed by atoms with E-state index in [1.165, 1.54) is 25.8 Å². The molecular weight excluding hydrogens is 302 g/mol. The summed E-state index contributed by atoms with van der Waals surface area (Å²) in [6.45, 7) is 3.37. The zero-order valence-corrected chi connectivity index (χ0v) is 13.9. The molecule has 1 aromatic carbocycles. The van der Waals surface area contributed by atoms with Crippen molar-refractivity contribution in [3.8, 4) is 0 Å². The lowest BCUT2D eigenvalue weighted by Crippen LogP contribution is -2.50. The lowest BCUT2D eigenvalue weighted by Gasteiger charge is -2.46. The quantitative estimate of drug-likeness (QED) is 0.832. The molecule has 0 bridgehead atoms. The maximum atomic E-state index is 10.9. The molecule has 0 unspecified atom stereocenters. The van der Waals surface area contributed by atoms with Crippen molar-refractivity contribution in [2.24, 2.45) is 0 Å².